The first-order valence-electron chi connectivity index (χ1n) is 15.0. The van der Waals surface area contributed by atoms with E-state index < -0.39 is 17.6 Å². The summed E-state index contributed by atoms with van der Waals surface area (Å²) in [6.07, 6.45) is 9.96. The SMILES string of the molecule is CC(C(=O)N1CCC(NC(=O)OC(C)(C)C)C1)c1cn2c(C(=O)NCC34CC5CC(CC(C5)C3)C4)cccc2n1. The highest BCUT2D eigenvalue weighted by atomic mass is 16.6. The Balaban J connectivity index is 1.09. The second kappa shape index (κ2) is 10.1. The summed E-state index contributed by atoms with van der Waals surface area (Å²) in [5.74, 6) is 1.95. The zero-order valence-corrected chi connectivity index (χ0v) is 24.2. The van der Waals surface area contributed by atoms with Crippen molar-refractivity contribution in [1.82, 2.24) is 24.9 Å². The van der Waals surface area contributed by atoms with Crippen LogP contribution in [0.25, 0.3) is 5.65 Å². The van der Waals surface area contributed by atoms with Gasteiger partial charge in [0.25, 0.3) is 5.91 Å². The van der Waals surface area contributed by atoms with Gasteiger partial charge in [-0.15, -0.1) is 0 Å². The Hall–Kier alpha value is -3.10. The Bertz CT molecular complexity index is 1280. The minimum absolute atomic E-state index is 0.0373. The highest BCUT2D eigenvalue weighted by molar-refractivity contribution is 5.93. The molecule has 3 heterocycles. The number of carbonyl (C=O) groups excluding carboxylic acids is 3. The van der Waals surface area contributed by atoms with Crippen molar-refractivity contribution >= 4 is 23.6 Å². The van der Waals surface area contributed by atoms with Crippen LogP contribution in [0.1, 0.15) is 94.7 Å². The first-order valence-corrected chi connectivity index (χ1v) is 15.0. The Labute approximate surface area is 236 Å². The molecule has 4 bridgehead atoms. The Morgan fingerprint density at radius 1 is 1.10 bits per heavy atom. The number of pyridine rings is 1. The van der Waals surface area contributed by atoms with Crippen molar-refractivity contribution in [3.63, 3.8) is 0 Å². The fraction of sp³-hybridized carbons (Fsp3) is 0.677. The standard InChI is InChI=1S/C31H43N5O4/c1-19(28(38)35-9-8-23(16-35)33-29(39)40-30(2,3)4)24-17-36-25(6-5-7-26(36)34-24)27(37)32-18-31-13-20-10-21(14-31)12-22(11-20)15-31/h5-7,17,19-23H,8-16,18H2,1-4H3,(H,32,37)(H,33,39). The molecule has 5 fully saturated rings. The van der Waals surface area contributed by atoms with Gasteiger partial charge in [-0.2, -0.15) is 0 Å². The zero-order valence-electron chi connectivity index (χ0n) is 24.2. The van der Waals surface area contributed by atoms with Crippen LogP contribution >= 0.6 is 0 Å². The predicted octanol–water partition coefficient (Wildman–Crippen LogP) is 4.51. The molecular formula is C31H43N5O4. The van der Waals surface area contributed by atoms with Crippen molar-refractivity contribution in [2.75, 3.05) is 19.6 Å². The summed E-state index contributed by atoms with van der Waals surface area (Å²) < 4.78 is 7.17. The monoisotopic (exact) mass is 549 g/mol. The fourth-order valence-corrected chi connectivity index (χ4v) is 8.24. The number of nitrogens with one attached hydrogen (secondary N) is 2. The van der Waals surface area contributed by atoms with E-state index in [0.717, 1.165) is 24.3 Å². The molecule has 9 nitrogen and oxygen atoms in total. The van der Waals surface area contributed by atoms with Gasteiger partial charge in [0.2, 0.25) is 5.91 Å². The van der Waals surface area contributed by atoms with Crippen LogP contribution < -0.4 is 10.6 Å². The third-order valence-electron chi connectivity index (χ3n) is 9.57. The lowest BCUT2D eigenvalue weighted by Crippen LogP contribution is -2.51. The van der Waals surface area contributed by atoms with Crippen molar-refractivity contribution in [3.8, 4) is 0 Å². The molecule has 2 aromatic heterocycles. The number of nitrogens with zero attached hydrogens (tertiary/aromatic N) is 3. The van der Waals surface area contributed by atoms with Gasteiger partial charge in [-0.05, 0) is 108 Å². The molecule has 0 radical (unpaired) electrons. The van der Waals surface area contributed by atoms with E-state index >= 15 is 0 Å². The number of aromatic nitrogens is 2. The normalized spacial score (nSPS) is 29.9. The molecule has 40 heavy (non-hydrogen) atoms. The molecule has 9 heteroatoms. The van der Waals surface area contributed by atoms with Gasteiger partial charge in [0.15, 0.2) is 0 Å². The molecule has 4 aliphatic carbocycles. The molecule has 2 atom stereocenters. The van der Waals surface area contributed by atoms with E-state index in [4.69, 9.17) is 9.72 Å². The van der Waals surface area contributed by atoms with Crippen molar-refractivity contribution in [3.05, 3.63) is 35.8 Å². The van der Waals surface area contributed by atoms with Crippen LogP contribution in [0.5, 0.6) is 0 Å². The van der Waals surface area contributed by atoms with Crippen LogP contribution in [0.4, 0.5) is 4.79 Å². The van der Waals surface area contributed by atoms with Crippen LogP contribution in [0, 0.1) is 23.2 Å². The number of rotatable bonds is 6. The summed E-state index contributed by atoms with van der Waals surface area (Å²) in [6, 6.07) is 5.41. The Kier molecular flexibility index (Phi) is 6.82. The van der Waals surface area contributed by atoms with Gasteiger partial charge < -0.3 is 20.3 Å². The molecule has 2 unspecified atom stereocenters. The van der Waals surface area contributed by atoms with E-state index in [0.29, 0.717) is 36.5 Å². The molecule has 3 amide bonds. The number of imidazole rings is 1. The van der Waals surface area contributed by atoms with Crippen LogP contribution in [-0.4, -0.2) is 63.5 Å². The van der Waals surface area contributed by atoms with E-state index in [1.807, 2.05) is 56.5 Å². The number of carbonyl (C=O) groups is 3. The lowest BCUT2D eigenvalue weighted by atomic mass is 9.49. The van der Waals surface area contributed by atoms with Crippen molar-refractivity contribution in [2.45, 2.75) is 90.2 Å². The quantitative estimate of drug-likeness (QED) is 0.552. The first-order chi connectivity index (χ1) is 19.0. The molecule has 7 rings (SSSR count). The molecule has 2 aromatic rings. The predicted molar refractivity (Wildman–Crippen MR) is 151 cm³/mol. The maximum Gasteiger partial charge on any atom is 0.407 e. The number of fused-ring (bicyclic) bond motifs is 1. The highest BCUT2D eigenvalue weighted by Crippen LogP contribution is 2.59. The highest BCUT2D eigenvalue weighted by Gasteiger charge is 2.50. The molecule has 1 saturated heterocycles. The number of hydrogen-bond donors (Lipinski definition) is 2. The molecule has 216 valence electrons. The first kappa shape index (κ1) is 27.1. The number of ether oxygens (including phenoxy) is 1. The molecular weight excluding hydrogens is 506 g/mol. The van der Waals surface area contributed by atoms with Crippen molar-refractivity contribution < 1.29 is 19.1 Å². The average Bonchev–Trinajstić information content (AvgIpc) is 3.51. The number of likely N-dealkylation sites (tertiary alicyclic amines) is 1. The van der Waals surface area contributed by atoms with Crippen LogP contribution in [0.2, 0.25) is 0 Å². The van der Waals surface area contributed by atoms with Gasteiger partial charge in [0.1, 0.15) is 16.9 Å². The summed E-state index contributed by atoms with van der Waals surface area (Å²) in [5, 5.41) is 6.16. The number of alkyl carbamates (subject to hydrolysis) is 1. The molecule has 0 spiro atoms. The second-order valence-corrected chi connectivity index (χ2v) is 14.0. The average molecular weight is 550 g/mol. The molecule has 4 saturated carbocycles. The zero-order chi connectivity index (χ0) is 28.2. The van der Waals surface area contributed by atoms with E-state index in [1.54, 1.807) is 4.90 Å². The molecule has 5 aliphatic rings. The smallest absolute Gasteiger partial charge is 0.407 e. The summed E-state index contributed by atoms with van der Waals surface area (Å²) in [4.78, 5) is 45.4. The lowest BCUT2D eigenvalue weighted by Gasteiger charge is -2.56. The minimum atomic E-state index is -0.569. The van der Waals surface area contributed by atoms with Gasteiger partial charge in [0, 0.05) is 25.8 Å². The minimum Gasteiger partial charge on any atom is -0.444 e. The van der Waals surface area contributed by atoms with Gasteiger partial charge in [-0.3, -0.25) is 14.0 Å². The Morgan fingerprint density at radius 2 is 1.77 bits per heavy atom. The van der Waals surface area contributed by atoms with Gasteiger partial charge in [-0.1, -0.05) is 6.07 Å². The third-order valence-corrected chi connectivity index (χ3v) is 9.57. The number of amides is 3. The largest absolute Gasteiger partial charge is 0.444 e. The van der Waals surface area contributed by atoms with E-state index in [1.165, 1.54) is 38.5 Å². The molecule has 2 N–H and O–H groups in total. The third kappa shape index (κ3) is 5.44. The second-order valence-electron chi connectivity index (χ2n) is 14.0. The number of hydrogen-bond acceptors (Lipinski definition) is 5. The lowest BCUT2D eigenvalue weighted by molar-refractivity contribution is -0.131. The van der Waals surface area contributed by atoms with Gasteiger partial charge in [0.05, 0.1) is 17.7 Å². The van der Waals surface area contributed by atoms with Crippen LogP contribution in [0.15, 0.2) is 24.4 Å². The summed E-state index contributed by atoms with van der Waals surface area (Å²) >= 11 is 0. The summed E-state index contributed by atoms with van der Waals surface area (Å²) in [7, 11) is 0. The maximum absolute atomic E-state index is 13.4. The van der Waals surface area contributed by atoms with Crippen molar-refractivity contribution in [1.29, 1.82) is 0 Å². The van der Waals surface area contributed by atoms with E-state index in [2.05, 4.69) is 10.6 Å². The molecule has 0 aromatic carbocycles. The van der Waals surface area contributed by atoms with E-state index in [9.17, 15) is 14.4 Å². The Morgan fingerprint density at radius 3 is 2.42 bits per heavy atom. The maximum atomic E-state index is 13.4. The topological polar surface area (TPSA) is 105 Å². The summed E-state index contributed by atoms with van der Waals surface area (Å²) in [5.41, 5.74) is 1.53. The fourth-order valence-electron chi connectivity index (χ4n) is 8.24. The van der Waals surface area contributed by atoms with Gasteiger partial charge >= 0.3 is 6.09 Å². The van der Waals surface area contributed by atoms with Crippen molar-refractivity contribution in [2.24, 2.45) is 23.2 Å². The molecule has 1 aliphatic heterocycles. The van der Waals surface area contributed by atoms with Crippen LogP contribution in [-0.2, 0) is 9.53 Å². The van der Waals surface area contributed by atoms with Gasteiger partial charge in [-0.25, -0.2) is 9.78 Å². The van der Waals surface area contributed by atoms with E-state index in [-0.39, 0.29) is 23.3 Å². The van der Waals surface area contributed by atoms with Crippen LogP contribution in [0.3, 0.4) is 0 Å². The summed E-state index contributed by atoms with van der Waals surface area (Å²) in [6.45, 7) is 9.08.